The molecule has 0 spiro atoms. The lowest BCUT2D eigenvalue weighted by molar-refractivity contribution is -0.128. The Morgan fingerprint density at radius 1 is 1.17 bits per heavy atom. The van der Waals surface area contributed by atoms with Gasteiger partial charge in [0.2, 0.25) is 5.91 Å². The number of Topliss-reactive ketones (excluding diaryl/α,β-unsaturated/α-hetero) is 1. The highest BCUT2D eigenvalue weighted by Crippen LogP contribution is 2.15. The topological polar surface area (TPSA) is 71.5 Å². The van der Waals surface area contributed by atoms with Crippen LogP contribution in [0, 0.1) is 0 Å². The summed E-state index contributed by atoms with van der Waals surface area (Å²) >= 11 is 0. The highest BCUT2D eigenvalue weighted by molar-refractivity contribution is 7.90. The van der Waals surface area contributed by atoms with E-state index in [1.54, 1.807) is 12.1 Å². The highest BCUT2D eigenvalue weighted by atomic mass is 32.2. The third-order valence-corrected chi connectivity index (χ3v) is 3.92. The molecule has 1 aromatic carbocycles. The van der Waals surface area contributed by atoms with Gasteiger partial charge in [-0.05, 0) is 17.7 Å². The molecule has 0 bridgehead atoms. The van der Waals surface area contributed by atoms with Crippen LogP contribution in [-0.4, -0.2) is 37.8 Å². The summed E-state index contributed by atoms with van der Waals surface area (Å²) in [5, 5.41) is 0. The summed E-state index contributed by atoms with van der Waals surface area (Å²) in [5.41, 5.74) is 0.811. The number of sulfone groups is 1. The first-order chi connectivity index (χ1) is 8.36. The van der Waals surface area contributed by atoms with Crippen molar-refractivity contribution in [3.63, 3.8) is 0 Å². The number of hydrogen-bond acceptors (Lipinski definition) is 4. The number of benzene rings is 1. The molecule has 0 aliphatic carbocycles. The largest absolute Gasteiger partial charge is 0.331 e. The fraction of sp³-hybridized carbons (Fsp3) is 0.333. The summed E-state index contributed by atoms with van der Waals surface area (Å²) in [4.78, 5) is 24.2. The van der Waals surface area contributed by atoms with Crippen LogP contribution >= 0.6 is 0 Å². The molecule has 0 atom stereocenters. The van der Waals surface area contributed by atoms with E-state index in [-0.39, 0.29) is 29.6 Å². The minimum absolute atomic E-state index is 0.0264. The van der Waals surface area contributed by atoms with Crippen molar-refractivity contribution in [1.82, 2.24) is 4.90 Å². The van der Waals surface area contributed by atoms with Crippen LogP contribution in [0.5, 0.6) is 0 Å². The van der Waals surface area contributed by atoms with Crippen molar-refractivity contribution in [3.8, 4) is 0 Å². The molecule has 1 amide bonds. The van der Waals surface area contributed by atoms with E-state index in [2.05, 4.69) is 0 Å². The van der Waals surface area contributed by atoms with E-state index in [4.69, 9.17) is 0 Å². The number of rotatable bonds is 3. The number of carbonyl (C=O) groups excluding carboxylic acids is 2. The molecular formula is C12H13NO4S. The zero-order chi connectivity index (χ0) is 13.3. The SMILES string of the molecule is CS(=O)(=O)c1ccc(CN2CC(=O)CC2=O)cc1. The van der Waals surface area contributed by atoms with Crippen LogP contribution in [0.4, 0.5) is 0 Å². The van der Waals surface area contributed by atoms with Crippen molar-refractivity contribution >= 4 is 21.5 Å². The monoisotopic (exact) mass is 267 g/mol. The van der Waals surface area contributed by atoms with Crippen LogP contribution < -0.4 is 0 Å². The van der Waals surface area contributed by atoms with Gasteiger partial charge >= 0.3 is 0 Å². The molecule has 2 rings (SSSR count). The van der Waals surface area contributed by atoms with Gasteiger partial charge in [0.05, 0.1) is 17.9 Å². The quantitative estimate of drug-likeness (QED) is 0.743. The Morgan fingerprint density at radius 3 is 2.22 bits per heavy atom. The van der Waals surface area contributed by atoms with Crippen LogP contribution in [0.25, 0.3) is 0 Å². The highest BCUT2D eigenvalue weighted by Gasteiger charge is 2.27. The number of ketones is 1. The van der Waals surface area contributed by atoms with Gasteiger partial charge in [-0.3, -0.25) is 9.59 Å². The molecule has 5 nitrogen and oxygen atoms in total. The van der Waals surface area contributed by atoms with Gasteiger partial charge in [0.15, 0.2) is 15.6 Å². The molecule has 18 heavy (non-hydrogen) atoms. The van der Waals surface area contributed by atoms with E-state index in [0.29, 0.717) is 6.54 Å². The zero-order valence-electron chi connectivity index (χ0n) is 9.92. The van der Waals surface area contributed by atoms with Crippen molar-refractivity contribution in [2.45, 2.75) is 17.9 Å². The lowest BCUT2D eigenvalue weighted by Crippen LogP contribution is -2.24. The van der Waals surface area contributed by atoms with Crippen LogP contribution in [0.2, 0.25) is 0 Å². The van der Waals surface area contributed by atoms with Crippen molar-refractivity contribution in [2.24, 2.45) is 0 Å². The first-order valence-electron chi connectivity index (χ1n) is 5.45. The summed E-state index contributed by atoms with van der Waals surface area (Å²) in [6.07, 6.45) is 1.12. The van der Waals surface area contributed by atoms with Gasteiger partial charge in [-0.15, -0.1) is 0 Å². The number of amides is 1. The summed E-state index contributed by atoms with van der Waals surface area (Å²) in [5.74, 6) is -0.250. The van der Waals surface area contributed by atoms with Gasteiger partial charge in [-0.2, -0.15) is 0 Å². The Bertz CT molecular complexity index is 589. The molecule has 0 N–H and O–H groups in total. The Morgan fingerprint density at radius 2 is 1.78 bits per heavy atom. The second kappa shape index (κ2) is 4.53. The fourth-order valence-corrected chi connectivity index (χ4v) is 2.47. The molecule has 0 aromatic heterocycles. The predicted molar refractivity (Wildman–Crippen MR) is 64.6 cm³/mol. The van der Waals surface area contributed by atoms with Crippen molar-refractivity contribution in [1.29, 1.82) is 0 Å². The molecule has 1 aromatic rings. The molecule has 1 heterocycles. The molecule has 0 unspecified atom stereocenters. The maximum absolute atomic E-state index is 11.4. The van der Waals surface area contributed by atoms with Crippen LogP contribution in [0.15, 0.2) is 29.2 Å². The van der Waals surface area contributed by atoms with Crippen molar-refractivity contribution < 1.29 is 18.0 Å². The lowest BCUT2D eigenvalue weighted by Gasteiger charge is -2.14. The average molecular weight is 267 g/mol. The van der Waals surface area contributed by atoms with E-state index in [9.17, 15) is 18.0 Å². The van der Waals surface area contributed by atoms with Gasteiger partial charge in [-0.1, -0.05) is 12.1 Å². The first-order valence-corrected chi connectivity index (χ1v) is 7.34. The molecule has 1 saturated heterocycles. The number of likely N-dealkylation sites (tertiary alicyclic amines) is 1. The molecule has 1 aliphatic rings. The molecule has 1 aliphatic heterocycles. The van der Waals surface area contributed by atoms with Gasteiger partial charge in [0.25, 0.3) is 0 Å². The maximum atomic E-state index is 11.4. The number of carbonyl (C=O) groups is 2. The summed E-state index contributed by atoms with van der Waals surface area (Å²) in [6, 6.07) is 6.33. The Labute approximate surface area is 105 Å². The third-order valence-electron chi connectivity index (χ3n) is 2.79. The molecule has 0 saturated carbocycles. The molecular weight excluding hydrogens is 254 g/mol. The van der Waals surface area contributed by atoms with Crippen LogP contribution in [-0.2, 0) is 26.0 Å². The minimum Gasteiger partial charge on any atom is -0.331 e. The van der Waals surface area contributed by atoms with Gasteiger partial charge in [-0.25, -0.2) is 8.42 Å². The second-order valence-electron chi connectivity index (χ2n) is 4.38. The number of hydrogen-bond donors (Lipinski definition) is 0. The molecule has 96 valence electrons. The normalized spacial score (nSPS) is 16.4. The smallest absolute Gasteiger partial charge is 0.230 e. The van der Waals surface area contributed by atoms with E-state index in [1.165, 1.54) is 17.0 Å². The van der Waals surface area contributed by atoms with Gasteiger partial charge in [0.1, 0.15) is 0 Å². The third kappa shape index (κ3) is 2.76. The minimum atomic E-state index is -3.20. The number of nitrogens with zero attached hydrogens (tertiary/aromatic N) is 1. The summed E-state index contributed by atoms with van der Waals surface area (Å²) in [7, 11) is -3.20. The zero-order valence-corrected chi connectivity index (χ0v) is 10.7. The second-order valence-corrected chi connectivity index (χ2v) is 6.40. The van der Waals surface area contributed by atoms with E-state index in [1.807, 2.05) is 0 Å². The first kappa shape index (κ1) is 12.8. The van der Waals surface area contributed by atoms with Crippen molar-refractivity contribution in [2.75, 3.05) is 12.8 Å². The fourth-order valence-electron chi connectivity index (χ4n) is 1.84. The van der Waals surface area contributed by atoms with Gasteiger partial charge in [0, 0.05) is 12.8 Å². The Balaban J connectivity index is 2.12. The van der Waals surface area contributed by atoms with E-state index < -0.39 is 9.84 Å². The standard InChI is InChI=1S/C12H13NO4S/c1-18(16,17)11-4-2-9(3-5-11)7-13-8-10(14)6-12(13)15/h2-5H,6-8H2,1H3. The van der Waals surface area contributed by atoms with Crippen LogP contribution in [0.1, 0.15) is 12.0 Å². The van der Waals surface area contributed by atoms with Gasteiger partial charge < -0.3 is 4.90 Å². The van der Waals surface area contributed by atoms with E-state index in [0.717, 1.165) is 11.8 Å². The van der Waals surface area contributed by atoms with Crippen molar-refractivity contribution in [3.05, 3.63) is 29.8 Å². The summed E-state index contributed by atoms with van der Waals surface area (Å²) < 4.78 is 22.5. The Kier molecular flexibility index (Phi) is 3.21. The predicted octanol–water partition coefficient (Wildman–Crippen LogP) is 0.391. The maximum Gasteiger partial charge on any atom is 0.230 e. The van der Waals surface area contributed by atoms with Crippen LogP contribution in [0.3, 0.4) is 0 Å². The van der Waals surface area contributed by atoms with E-state index >= 15 is 0 Å². The molecule has 1 fully saturated rings. The Hall–Kier alpha value is -1.69. The molecule has 6 heteroatoms. The molecule has 0 radical (unpaired) electrons. The lowest BCUT2D eigenvalue weighted by atomic mass is 10.2. The summed E-state index contributed by atoms with van der Waals surface area (Å²) in [6.45, 7) is 0.487. The average Bonchev–Trinajstić information content (AvgIpc) is 2.57.